The minimum absolute atomic E-state index is 0.179. The van der Waals surface area contributed by atoms with Gasteiger partial charge in [0.25, 0.3) is 9.84 Å². The predicted molar refractivity (Wildman–Crippen MR) is 51.5 cm³/mol. The summed E-state index contributed by atoms with van der Waals surface area (Å²) in [5.74, 6) is 0. The van der Waals surface area contributed by atoms with Crippen LogP contribution in [0, 0.1) is 0 Å². The summed E-state index contributed by atoms with van der Waals surface area (Å²) in [6.07, 6.45) is 1.21. The number of carbonyl (C=O) groups excluding carboxylic acids is 1. The van der Waals surface area contributed by atoms with Crippen LogP contribution in [-0.4, -0.2) is 20.0 Å². The molecular formula is C9H6F3NO3S. The Hall–Kier alpha value is -1.66. The second-order valence-electron chi connectivity index (χ2n) is 3.00. The molecule has 0 bridgehead atoms. The smallest absolute Gasteiger partial charge is 0.214 e. The first-order chi connectivity index (χ1) is 7.79. The van der Waals surface area contributed by atoms with Gasteiger partial charge in [-0.1, -0.05) is 12.1 Å². The van der Waals surface area contributed by atoms with Gasteiger partial charge in [-0.15, -0.1) is 0 Å². The van der Waals surface area contributed by atoms with Crippen LogP contribution in [-0.2, 0) is 21.2 Å². The van der Waals surface area contributed by atoms with Crippen LogP contribution in [0.5, 0.6) is 0 Å². The summed E-state index contributed by atoms with van der Waals surface area (Å²) in [7, 11) is -5.36. The van der Waals surface area contributed by atoms with Gasteiger partial charge < -0.3 is 0 Å². The number of sulfone groups is 1. The molecular weight excluding hydrogens is 259 g/mol. The van der Waals surface area contributed by atoms with Gasteiger partial charge in [0.05, 0.1) is 11.4 Å². The molecule has 0 aliphatic heterocycles. The normalized spacial score (nSPS) is 11.9. The van der Waals surface area contributed by atoms with Crippen LogP contribution in [0.2, 0.25) is 0 Å². The van der Waals surface area contributed by atoms with Crippen LogP contribution in [0.1, 0.15) is 5.56 Å². The Morgan fingerprint density at radius 3 is 2.47 bits per heavy atom. The van der Waals surface area contributed by atoms with Gasteiger partial charge in [0, 0.05) is 0 Å². The monoisotopic (exact) mass is 265 g/mol. The molecule has 1 aromatic rings. The molecule has 0 aliphatic rings. The minimum Gasteiger partial charge on any atom is -0.214 e. The quantitative estimate of drug-likeness (QED) is 0.618. The fraction of sp³-hybridized carbons (Fsp3) is 0.222. The van der Waals surface area contributed by atoms with Gasteiger partial charge in [-0.3, -0.25) is 0 Å². The van der Waals surface area contributed by atoms with Crippen molar-refractivity contribution in [3.05, 3.63) is 29.8 Å². The lowest BCUT2D eigenvalue weighted by Gasteiger charge is -2.08. The van der Waals surface area contributed by atoms with Crippen molar-refractivity contribution >= 4 is 15.9 Å². The van der Waals surface area contributed by atoms with E-state index in [0.717, 1.165) is 18.2 Å². The number of hydrogen-bond acceptors (Lipinski definition) is 4. The highest BCUT2D eigenvalue weighted by Crippen LogP contribution is 2.30. The first-order valence-electron chi connectivity index (χ1n) is 4.23. The molecule has 0 saturated carbocycles. The molecule has 0 heterocycles. The van der Waals surface area contributed by atoms with Crippen molar-refractivity contribution in [2.75, 3.05) is 0 Å². The lowest BCUT2D eigenvalue weighted by molar-refractivity contribution is -0.0436. The molecule has 0 fully saturated rings. The number of benzene rings is 1. The summed E-state index contributed by atoms with van der Waals surface area (Å²) in [5.41, 5.74) is -5.17. The summed E-state index contributed by atoms with van der Waals surface area (Å²) in [6.45, 7) is -0.218. The Labute approximate surface area is 94.7 Å². The largest absolute Gasteiger partial charge is 0.501 e. The van der Waals surface area contributed by atoms with Gasteiger partial charge >= 0.3 is 5.51 Å². The van der Waals surface area contributed by atoms with E-state index in [0.29, 0.717) is 0 Å². The summed E-state index contributed by atoms with van der Waals surface area (Å²) in [6, 6.07) is 4.16. The van der Waals surface area contributed by atoms with Crippen molar-refractivity contribution < 1.29 is 26.4 Å². The third-order valence-corrected chi connectivity index (χ3v) is 3.32. The highest BCUT2D eigenvalue weighted by atomic mass is 32.2. The highest BCUT2D eigenvalue weighted by Gasteiger charge is 2.46. The average molecular weight is 265 g/mol. The van der Waals surface area contributed by atoms with Crippen molar-refractivity contribution in [2.24, 2.45) is 4.99 Å². The first-order valence-corrected chi connectivity index (χ1v) is 5.71. The standard InChI is InChI=1S/C9H6F3NO3S/c10-9(11,12)17(15,16)8-3-1-2-7(4-8)5-13-6-14/h1-4H,5H2. The van der Waals surface area contributed by atoms with E-state index in [4.69, 9.17) is 0 Å². The van der Waals surface area contributed by atoms with E-state index < -0.39 is 20.2 Å². The molecule has 0 N–H and O–H groups in total. The van der Waals surface area contributed by atoms with E-state index in [1.165, 1.54) is 12.1 Å². The molecule has 1 rings (SSSR count). The minimum atomic E-state index is -5.36. The highest BCUT2D eigenvalue weighted by molar-refractivity contribution is 7.92. The Kier molecular flexibility index (Phi) is 3.69. The zero-order valence-electron chi connectivity index (χ0n) is 8.23. The van der Waals surface area contributed by atoms with E-state index in [-0.39, 0.29) is 12.1 Å². The zero-order chi connectivity index (χ0) is 13.1. The van der Waals surface area contributed by atoms with Crippen molar-refractivity contribution in [2.45, 2.75) is 16.9 Å². The van der Waals surface area contributed by atoms with Gasteiger partial charge in [0.1, 0.15) is 0 Å². The second-order valence-corrected chi connectivity index (χ2v) is 4.95. The number of alkyl halides is 3. The van der Waals surface area contributed by atoms with E-state index in [1.54, 1.807) is 0 Å². The number of halogens is 3. The summed E-state index contributed by atoms with van der Waals surface area (Å²) < 4.78 is 58.8. The number of aliphatic imine (C=N–C) groups is 1. The van der Waals surface area contributed by atoms with Crippen LogP contribution >= 0.6 is 0 Å². The fourth-order valence-electron chi connectivity index (χ4n) is 1.07. The van der Waals surface area contributed by atoms with Gasteiger partial charge in [-0.25, -0.2) is 18.2 Å². The third-order valence-electron chi connectivity index (χ3n) is 1.84. The first kappa shape index (κ1) is 13.4. The van der Waals surface area contributed by atoms with Crippen LogP contribution < -0.4 is 0 Å². The molecule has 4 nitrogen and oxygen atoms in total. The maximum Gasteiger partial charge on any atom is 0.501 e. The molecule has 0 saturated heterocycles. The molecule has 0 aromatic heterocycles. The van der Waals surface area contributed by atoms with Gasteiger partial charge in [-0.05, 0) is 17.7 Å². The molecule has 0 amide bonds. The van der Waals surface area contributed by atoms with E-state index in [1.807, 2.05) is 0 Å². The molecule has 92 valence electrons. The van der Waals surface area contributed by atoms with Crippen molar-refractivity contribution in [1.29, 1.82) is 0 Å². The molecule has 1 aromatic carbocycles. The van der Waals surface area contributed by atoms with Crippen LogP contribution in [0.25, 0.3) is 0 Å². The zero-order valence-corrected chi connectivity index (χ0v) is 9.05. The van der Waals surface area contributed by atoms with Crippen LogP contribution in [0.4, 0.5) is 13.2 Å². The van der Waals surface area contributed by atoms with Crippen LogP contribution in [0.15, 0.2) is 34.2 Å². The molecule has 0 aliphatic carbocycles. The maximum absolute atomic E-state index is 12.2. The van der Waals surface area contributed by atoms with Crippen molar-refractivity contribution in [3.8, 4) is 0 Å². The lowest BCUT2D eigenvalue weighted by atomic mass is 10.2. The van der Waals surface area contributed by atoms with Crippen molar-refractivity contribution in [1.82, 2.24) is 0 Å². The topological polar surface area (TPSA) is 63.6 Å². The molecule has 8 heteroatoms. The molecule has 0 spiro atoms. The Balaban J connectivity index is 3.21. The van der Waals surface area contributed by atoms with Crippen molar-refractivity contribution in [3.63, 3.8) is 0 Å². The van der Waals surface area contributed by atoms with Gasteiger partial charge in [0.15, 0.2) is 0 Å². The molecule has 0 atom stereocenters. The second kappa shape index (κ2) is 4.68. The van der Waals surface area contributed by atoms with Gasteiger partial charge in [0.2, 0.25) is 6.08 Å². The number of hydrogen-bond donors (Lipinski definition) is 0. The maximum atomic E-state index is 12.2. The Bertz CT molecular complexity index is 559. The van der Waals surface area contributed by atoms with E-state index in [2.05, 4.69) is 4.99 Å². The SMILES string of the molecule is O=C=NCc1cccc(S(=O)(=O)C(F)(F)F)c1. The Morgan fingerprint density at radius 2 is 1.94 bits per heavy atom. The van der Waals surface area contributed by atoms with E-state index in [9.17, 15) is 26.4 Å². The molecule has 17 heavy (non-hydrogen) atoms. The number of isocyanates is 1. The van der Waals surface area contributed by atoms with Gasteiger partial charge in [-0.2, -0.15) is 13.2 Å². The third kappa shape index (κ3) is 2.92. The predicted octanol–water partition coefficient (Wildman–Crippen LogP) is 1.82. The summed E-state index contributed by atoms with van der Waals surface area (Å²) in [5, 5.41) is 0. The lowest BCUT2D eigenvalue weighted by Crippen LogP contribution is -2.23. The molecule has 0 unspecified atom stereocenters. The van der Waals surface area contributed by atoms with Crippen LogP contribution in [0.3, 0.4) is 0 Å². The van der Waals surface area contributed by atoms with E-state index >= 15 is 0 Å². The summed E-state index contributed by atoms with van der Waals surface area (Å²) >= 11 is 0. The molecule has 0 radical (unpaired) electrons. The fourth-order valence-corrected chi connectivity index (χ4v) is 1.90. The number of rotatable bonds is 3. The number of nitrogens with zero attached hydrogens (tertiary/aromatic N) is 1. The Morgan fingerprint density at radius 1 is 1.29 bits per heavy atom. The summed E-state index contributed by atoms with van der Waals surface area (Å²) in [4.78, 5) is 12.1. The average Bonchev–Trinajstić information content (AvgIpc) is 2.25.